The first-order valence-electron chi connectivity index (χ1n) is 30.1. The fraction of sp³-hybridized carbons (Fsp3) is 0.453. The van der Waals surface area contributed by atoms with Gasteiger partial charge in [-0.05, 0) is 97.6 Å². The molecule has 3 aliphatic rings. The summed E-state index contributed by atoms with van der Waals surface area (Å²) in [4.78, 5) is 74.2. The number of rotatable bonds is 26. The van der Waals surface area contributed by atoms with Gasteiger partial charge >= 0.3 is 6.03 Å². The number of aromatic nitrogens is 3. The number of benzene rings is 5. The minimum Gasteiger partial charge on any atom is -0.508 e. The molecular formula is C64H77ClFN11O9S. The molecule has 2 aromatic heterocycles. The maximum Gasteiger partial charge on any atom is 0.314 e. The SMILES string of the molecule is CN[C@@H](C)C(=O)N[C@H](C(=O)N1CCC[C@H]1c1nc(-c2ccc(OCCOCCOCCOCCN(C)C(=O)CCNc3nc(N4CCN(C(N)=O)CC4)c4cc(Cl)c(-c5cc(O)cc6ccccc56)c(F)c4n3)c3ccccc23)cs1)C1CCCCC1. The third kappa shape index (κ3) is 14.9. The Hall–Kier alpha value is -7.47. The Morgan fingerprint density at radius 3 is 2.24 bits per heavy atom. The summed E-state index contributed by atoms with van der Waals surface area (Å²) in [5.74, 6) is 0.326. The van der Waals surface area contributed by atoms with Crippen LogP contribution in [-0.4, -0.2) is 177 Å². The van der Waals surface area contributed by atoms with E-state index in [1.807, 2.05) is 71.3 Å². The first-order valence-corrected chi connectivity index (χ1v) is 31.3. The number of thiazole rings is 1. The fourth-order valence-corrected chi connectivity index (χ4v) is 13.1. The number of urea groups is 1. The zero-order valence-corrected chi connectivity index (χ0v) is 51.1. The Bertz CT molecular complexity index is 3570. The van der Waals surface area contributed by atoms with E-state index in [9.17, 15) is 24.3 Å². The third-order valence-electron chi connectivity index (χ3n) is 16.7. The van der Waals surface area contributed by atoms with Gasteiger partial charge in [-0.25, -0.2) is 19.2 Å². The number of hydrogen-bond donors (Lipinski definition) is 5. The van der Waals surface area contributed by atoms with Crippen molar-refractivity contribution in [3.63, 3.8) is 0 Å². The number of aromatic hydroxyl groups is 1. The molecule has 23 heteroatoms. The molecule has 0 radical (unpaired) electrons. The topological polar surface area (TPSA) is 239 Å². The van der Waals surface area contributed by atoms with Crippen molar-refractivity contribution >= 4 is 90.9 Å². The van der Waals surface area contributed by atoms with Crippen molar-refractivity contribution in [1.29, 1.82) is 0 Å². The monoisotopic (exact) mass is 1230 g/mol. The second-order valence-electron chi connectivity index (χ2n) is 22.3. The van der Waals surface area contributed by atoms with Gasteiger partial charge in [-0.2, -0.15) is 4.98 Å². The first kappa shape index (κ1) is 62.6. The Labute approximate surface area is 514 Å². The van der Waals surface area contributed by atoms with Crippen molar-refractivity contribution in [2.45, 2.75) is 76.4 Å². The number of likely N-dealkylation sites (N-methyl/N-ethyl adjacent to an activating group) is 2. The van der Waals surface area contributed by atoms with E-state index >= 15 is 4.39 Å². The molecule has 6 N–H and O–H groups in total. The second-order valence-corrected chi connectivity index (χ2v) is 23.6. The molecule has 4 heterocycles. The zero-order chi connectivity index (χ0) is 61.0. The van der Waals surface area contributed by atoms with Gasteiger partial charge in [0.1, 0.15) is 40.5 Å². The van der Waals surface area contributed by atoms with Crippen LogP contribution in [-0.2, 0) is 28.6 Å². The Kier molecular flexibility index (Phi) is 21.2. The van der Waals surface area contributed by atoms with E-state index in [1.54, 1.807) is 42.5 Å². The van der Waals surface area contributed by atoms with Crippen LogP contribution in [0.5, 0.6) is 11.5 Å². The molecule has 5 amide bonds. The number of nitrogens with zero attached hydrogens (tertiary/aromatic N) is 7. The largest absolute Gasteiger partial charge is 0.508 e. The molecule has 0 unspecified atom stereocenters. The number of halogens is 2. The lowest BCUT2D eigenvalue weighted by Crippen LogP contribution is -2.55. The van der Waals surface area contributed by atoms with Crippen LogP contribution in [0, 0.1) is 11.7 Å². The maximum atomic E-state index is 17.0. The van der Waals surface area contributed by atoms with E-state index in [-0.39, 0.29) is 70.4 Å². The molecular weight excluding hydrogens is 1150 g/mol. The summed E-state index contributed by atoms with van der Waals surface area (Å²) in [5.41, 5.74) is 7.87. The quantitative estimate of drug-likeness (QED) is 0.0318. The molecule has 0 spiro atoms. The molecule has 2 saturated heterocycles. The lowest BCUT2D eigenvalue weighted by atomic mass is 9.83. The van der Waals surface area contributed by atoms with Crippen molar-refractivity contribution in [2.24, 2.45) is 11.7 Å². The van der Waals surface area contributed by atoms with Gasteiger partial charge in [-0.1, -0.05) is 79.4 Å². The number of likely N-dealkylation sites (tertiary alicyclic amines) is 1. The predicted molar refractivity (Wildman–Crippen MR) is 337 cm³/mol. The summed E-state index contributed by atoms with van der Waals surface area (Å²) in [7, 11) is 3.45. The average molecular weight is 1230 g/mol. The molecule has 1 aliphatic carbocycles. The lowest BCUT2D eigenvalue weighted by Gasteiger charge is -2.35. The molecule has 7 aromatic rings. The molecule has 3 atom stereocenters. The van der Waals surface area contributed by atoms with Crippen molar-refractivity contribution in [3.05, 3.63) is 100 Å². The van der Waals surface area contributed by atoms with E-state index in [4.69, 9.17) is 46.3 Å². The Balaban J connectivity index is 0.646. The highest BCUT2D eigenvalue weighted by Crippen LogP contribution is 2.44. The number of nitrogens with one attached hydrogen (secondary N) is 3. The zero-order valence-electron chi connectivity index (χ0n) is 49.5. The molecule has 10 rings (SSSR count). The number of anilines is 2. The summed E-state index contributed by atoms with van der Waals surface area (Å²) >= 11 is 8.45. The van der Waals surface area contributed by atoms with Gasteiger partial charge in [-0.15, -0.1) is 11.3 Å². The second kappa shape index (κ2) is 29.5. The lowest BCUT2D eigenvalue weighted by molar-refractivity contribution is -0.139. The number of phenols is 1. The van der Waals surface area contributed by atoms with Crippen LogP contribution in [0.2, 0.25) is 5.02 Å². The van der Waals surface area contributed by atoms with E-state index in [0.717, 1.165) is 77.7 Å². The standard InChI is InChI=1S/C64H77ClFN11O9S/c1-40(68-2)60(80)71-57(41-12-5-4-6-13-41)62(81)77-23-11-18-52(77)61-70-51(39-87-61)46-19-20-53(47-17-10-9-16-45(46)47)86-35-34-85-33-32-84-31-30-83-29-28-74(3)54(79)21-22-69-64-72-58-49(59(73-64)75-24-26-76(27-25-75)63(67)82)38-50(65)55(56(58)66)48-37-43(78)36-42-14-7-8-15-44(42)48/h7-10,14-17,19-20,36-41,52,57,68,78H,4-6,11-13,18,21-35H2,1-3H3,(H2,67,82)(H,71,80)(H,69,72,73)/t40-,52-,57-/m0/s1. The molecule has 87 heavy (non-hydrogen) atoms. The van der Waals surface area contributed by atoms with Crippen LogP contribution in [0.15, 0.2) is 84.2 Å². The molecule has 5 aromatic carbocycles. The van der Waals surface area contributed by atoms with Crippen molar-refractivity contribution in [3.8, 4) is 33.9 Å². The minimum absolute atomic E-state index is 0.00157. The highest BCUT2D eigenvalue weighted by atomic mass is 35.5. The molecule has 462 valence electrons. The van der Waals surface area contributed by atoms with Crippen LogP contribution in [0.3, 0.4) is 0 Å². The van der Waals surface area contributed by atoms with E-state index in [1.165, 1.54) is 11.0 Å². The first-order chi connectivity index (χ1) is 42.3. The molecule has 3 fully saturated rings. The Morgan fingerprint density at radius 2 is 1.51 bits per heavy atom. The third-order valence-corrected chi connectivity index (χ3v) is 18.0. The van der Waals surface area contributed by atoms with Gasteiger partial charge in [0, 0.05) is 86.6 Å². The molecule has 1 saturated carbocycles. The summed E-state index contributed by atoms with van der Waals surface area (Å²) < 4.78 is 40.5. The van der Waals surface area contributed by atoms with Gasteiger partial charge in [0.05, 0.1) is 62.4 Å². The van der Waals surface area contributed by atoms with Crippen LogP contribution in [0.1, 0.15) is 69.3 Å². The normalized spacial score (nSPS) is 16.4. The van der Waals surface area contributed by atoms with Crippen molar-refractivity contribution < 1.29 is 47.6 Å². The summed E-state index contributed by atoms with van der Waals surface area (Å²) in [5, 5.41) is 26.7. The number of nitrogens with two attached hydrogens (primary N) is 1. The van der Waals surface area contributed by atoms with Crippen LogP contribution >= 0.6 is 22.9 Å². The number of ether oxygens (including phenoxy) is 4. The predicted octanol–water partition coefficient (Wildman–Crippen LogP) is 9.15. The summed E-state index contributed by atoms with van der Waals surface area (Å²) in [6, 6.07) is 22.5. The van der Waals surface area contributed by atoms with Gasteiger partial charge in [-0.3, -0.25) is 14.4 Å². The van der Waals surface area contributed by atoms with E-state index in [0.29, 0.717) is 113 Å². The van der Waals surface area contributed by atoms with Gasteiger partial charge in [0.2, 0.25) is 23.7 Å². The number of carbonyl (C=O) groups is 4. The number of carbonyl (C=O) groups excluding carboxylic acids is 4. The van der Waals surface area contributed by atoms with Gasteiger partial charge in [0.15, 0.2) is 5.82 Å². The number of fused-ring (bicyclic) bond motifs is 3. The van der Waals surface area contributed by atoms with Crippen molar-refractivity contribution in [1.82, 2.24) is 40.3 Å². The van der Waals surface area contributed by atoms with E-state index < -0.39 is 23.9 Å². The smallest absolute Gasteiger partial charge is 0.314 e. The number of amides is 5. The van der Waals surface area contributed by atoms with Gasteiger partial charge < -0.3 is 65.3 Å². The molecule has 20 nitrogen and oxygen atoms in total. The number of hydrogen-bond acceptors (Lipinski definition) is 16. The molecule has 2 aliphatic heterocycles. The average Bonchev–Trinajstić information content (AvgIpc) is 1.46. The summed E-state index contributed by atoms with van der Waals surface area (Å²) in [6.07, 6.45) is 6.97. The van der Waals surface area contributed by atoms with Gasteiger partial charge in [0.25, 0.3) is 0 Å². The number of phenolic OH excluding ortho intramolecular Hbond substituents is 1. The highest BCUT2D eigenvalue weighted by Gasteiger charge is 2.40. The molecule has 0 bridgehead atoms. The maximum absolute atomic E-state index is 17.0. The Morgan fingerprint density at radius 1 is 0.805 bits per heavy atom. The van der Waals surface area contributed by atoms with Crippen LogP contribution < -0.4 is 31.3 Å². The number of piperazine rings is 1. The number of primary amides is 1. The van der Waals surface area contributed by atoms with E-state index in [2.05, 4.69) is 32.4 Å². The fourth-order valence-electron chi connectivity index (χ4n) is 11.8. The van der Waals surface area contributed by atoms with Crippen LogP contribution in [0.25, 0.3) is 54.8 Å². The summed E-state index contributed by atoms with van der Waals surface area (Å²) in [6.45, 7) is 6.81. The van der Waals surface area contributed by atoms with Crippen molar-refractivity contribution in [2.75, 3.05) is 116 Å². The highest BCUT2D eigenvalue weighted by molar-refractivity contribution is 7.10. The van der Waals surface area contributed by atoms with Crippen LogP contribution in [0.4, 0.5) is 21.0 Å². The minimum atomic E-state index is -0.697.